The Hall–Kier alpha value is -2.38. The van der Waals surface area contributed by atoms with Crippen LogP contribution >= 0.6 is 0 Å². The minimum absolute atomic E-state index is 0.0652. The van der Waals surface area contributed by atoms with E-state index in [1.54, 1.807) is 4.90 Å². The van der Waals surface area contributed by atoms with Crippen molar-refractivity contribution in [3.05, 3.63) is 41.6 Å². The van der Waals surface area contributed by atoms with Gasteiger partial charge in [-0.05, 0) is 74.6 Å². The van der Waals surface area contributed by atoms with Crippen LogP contribution in [0.3, 0.4) is 0 Å². The van der Waals surface area contributed by atoms with Crippen molar-refractivity contribution >= 4 is 11.8 Å². The van der Waals surface area contributed by atoms with Crippen molar-refractivity contribution in [1.82, 2.24) is 15.1 Å². The lowest BCUT2D eigenvalue weighted by atomic mass is 9.89. The van der Waals surface area contributed by atoms with E-state index in [1.807, 2.05) is 18.2 Å². The summed E-state index contributed by atoms with van der Waals surface area (Å²) in [5.41, 5.74) is 2.37. The Bertz CT molecular complexity index is 988. The fraction of sp³-hybridized carbons (Fsp3) is 0.615. The minimum atomic E-state index is -0.431. The van der Waals surface area contributed by atoms with E-state index in [1.165, 1.54) is 19.3 Å². The van der Waals surface area contributed by atoms with E-state index in [9.17, 15) is 9.59 Å². The maximum Gasteiger partial charge on any atom is 0.255 e. The van der Waals surface area contributed by atoms with Crippen molar-refractivity contribution in [2.45, 2.75) is 69.9 Å². The van der Waals surface area contributed by atoms with Gasteiger partial charge in [0.1, 0.15) is 17.9 Å². The van der Waals surface area contributed by atoms with Gasteiger partial charge in [-0.1, -0.05) is 6.58 Å². The van der Waals surface area contributed by atoms with E-state index in [0.717, 1.165) is 36.7 Å². The van der Waals surface area contributed by atoms with Crippen LogP contribution in [0.2, 0.25) is 0 Å². The number of ether oxygens (including phenoxy) is 2. The second kappa shape index (κ2) is 8.13. The second-order valence-electron chi connectivity index (χ2n) is 10.3. The van der Waals surface area contributed by atoms with Gasteiger partial charge in [-0.3, -0.25) is 14.5 Å². The van der Waals surface area contributed by atoms with Crippen LogP contribution in [-0.4, -0.2) is 65.6 Å². The summed E-state index contributed by atoms with van der Waals surface area (Å²) in [6.07, 6.45) is 5.69. The van der Waals surface area contributed by atoms with Crippen LogP contribution in [0.5, 0.6) is 5.75 Å². The number of hydrogen-bond donors (Lipinski definition) is 1. The SMILES string of the molecule is C=C1CCC(N2Cc3cc(O[C@@H]4C(N5CC(OCC)C5)[C@@H]5CC[C@H]4C5)ccc3C2=O)C(=O)N1. The number of amides is 2. The average Bonchev–Trinajstić information content (AvgIpc) is 3.45. The molecule has 2 saturated heterocycles. The van der Waals surface area contributed by atoms with E-state index >= 15 is 0 Å². The van der Waals surface area contributed by atoms with Crippen LogP contribution in [0.15, 0.2) is 30.5 Å². The number of allylic oxidation sites excluding steroid dienone is 1. The van der Waals surface area contributed by atoms with E-state index < -0.39 is 6.04 Å². The highest BCUT2D eigenvalue weighted by Crippen LogP contribution is 2.49. The maximum absolute atomic E-state index is 13.0. The molecule has 2 bridgehead atoms. The van der Waals surface area contributed by atoms with Gasteiger partial charge < -0.3 is 19.7 Å². The number of carbonyl (C=O) groups excluding carboxylic acids is 2. The number of hydrogen-bond acceptors (Lipinski definition) is 5. The molecule has 7 heteroatoms. The van der Waals surface area contributed by atoms with Gasteiger partial charge in [0.25, 0.3) is 5.91 Å². The molecular formula is C26H33N3O4. The van der Waals surface area contributed by atoms with Crippen LogP contribution < -0.4 is 10.1 Å². The number of carbonyl (C=O) groups is 2. The van der Waals surface area contributed by atoms with Crippen LogP contribution in [0.4, 0.5) is 0 Å². The monoisotopic (exact) mass is 451 g/mol. The Morgan fingerprint density at radius 2 is 1.97 bits per heavy atom. The van der Waals surface area contributed by atoms with Gasteiger partial charge in [-0.15, -0.1) is 0 Å². The molecule has 4 fully saturated rings. The molecule has 3 heterocycles. The molecule has 1 N–H and O–H groups in total. The molecule has 5 aliphatic rings. The highest BCUT2D eigenvalue weighted by molar-refractivity contribution is 6.01. The molecule has 6 rings (SSSR count). The molecule has 0 aromatic heterocycles. The first-order chi connectivity index (χ1) is 16.0. The fourth-order valence-corrected chi connectivity index (χ4v) is 6.80. The zero-order chi connectivity index (χ0) is 22.7. The predicted molar refractivity (Wildman–Crippen MR) is 123 cm³/mol. The highest BCUT2D eigenvalue weighted by Gasteiger charge is 2.53. The molecule has 1 aromatic rings. The molecule has 3 aliphatic heterocycles. The van der Waals surface area contributed by atoms with E-state index in [2.05, 4.69) is 23.7 Å². The topological polar surface area (TPSA) is 71.1 Å². The average molecular weight is 452 g/mol. The molecule has 0 spiro atoms. The van der Waals surface area contributed by atoms with Crippen LogP contribution in [0, 0.1) is 11.8 Å². The molecule has 2 unspecified atom stereocenters. The lowest BCUT2D eigenvalue weighted by molar-refractivity contribution is -0.126. The first-order valence-electron chi connectivity index (χ1n) is 12.5. The van der Waals surface area contributed by atoms with Gasteiger partial charge in [0.15, 0.2) is 0 Å². The molecule has 5 atom stereocenters. The lowest BCUT2D eigenvalue weighted by Gasteiger charge is -2.47. The number of benzene rings is 1. The van der Waals surface area contributed by atoms with Gasteiger partial charge in [0, 0.05) is 43.5 Å². The third-order valence-corrected chi connectivity index (χ3v) is 8.38. The zero-order valence-corrected chi connectivity index (χ0v) is 19.3. The molecule has 0 radical (unpaired) electrons. The summed E-state index contributed by atoms with van der Waals surface area (Å²) in [7, 11) is 0. The third kappa shape index (κ3) is 3.56. The zero-order valence-electron chi connectivity index (χ0n) is 19.3. The van der Waals surface area contributed by atoms with Crippen molar-refractivity contribution in [1.29, 1.82) is 0 Å². The molecule has 2 saturated carbocycles. The number of rotatable bonds is 6. The quantitative estimate of drug-likeness (QED) is 0.720. The number of fused-ring (bicyclic) bond motifs is 3. The normalized spacial score (nSPS) is 33.9. The van der Waals surface area contributed by atoms with Crippen molar-refractivity contribution in [3.8, 4) is 5.75 Å². The Morgan fingerprint density at radius 3 is 2.76 bits per heavy atom. The van der Waals surface area contributed by atoms with Crippen molar-refractivity contribution < 1.29 is 19.1 Å². The molecular weight excluding hydrogens is 418 g/mol. The van der Waals surface area contributed by atoms with Gasteiger partial charge in [0.2, 0.25) is 5.91 Å². The molecule has 7 nitrogen and oxygen atoms in total. The summed E-state index contributed by atoms with van der Waals surface area (Å²) < 4.78 is 12.4. The predicted octanol–water partition coefficient (Wildman–Crippen LogP) is 2.70. The maximum atomic E-state index is 13.0. The van der Waals surface area contributed by atoms with Crippen LogP contribution in [0.25, 0.3) is 0 Å². The first-order valence-corrected chi connectivity index (χ1v) is 12.5. The van der Waals surface area contributed by atoms with E-state index in [0.29, 0.717) is 48.9 Å². The molecule has 33 heavy (non-hydrogen) atoms. The van der Waals surface area contributed by atoms with Crippen molar-refractivity contribution in [3.63, 3.8) is 0 Å². The van der Waals surface area contributed by atoms with Crippen LogP contribution in [-0.2, 0) is 16.1 Å². The molecule has 176 valence electrons. The summed E-state index contributed by atoms with van der Waals surface area (Å²) in [4.78, 5) is 29.7. The van der Waals surface area contributed by atoms with Crippen molar-refractivity contribution in [2.24, 2.45) is 11.8 Å². The Kier molecular flexibility index (Phi) is 5.22. The van der Waals surface area contributed by atoms with Gasteiger partial charge in [-0.2, -0.15) is 0 Å². The number of nitrogens with zero attached hydrogens (tertiary/aromatic N) is 2. The number of piperidine rings is 1. The minimum Gasteiger partial charge on any atom is -0.488 e. The largest absolute Gasteiger partial charge is 0.488 e. The second-order valence-corrected chi connectivity index (χ2v) is 10.3. The van der Waals surface area contributed by atoms with Crippen LogP contribution in [0.1, 0.15) is 54.9 Å². The summed E-state index contributed by atoms with van der Waals surface area (Å²) in [6.45, 7) is 9.14. The summed E-state index contributed by atoms with van der Waals surface area (Å²) in [5.74, 6) is 1.97. The summed E-state index contributed by atoms with van der Waals surface area (Å²) in [5, 5.41) is 2.80. The van der Waals surface area contributed by atoms with Gasteiger partial charge in [0.05, 0.1) is 6.10 Å². The fourth-order valence-electron chi connectivity index (χ4n) is 6.80. The molecule has 2 amide bonds. The first kappa shape index (κ1) is 21.2. The standard InChI is InChI=1S/C26H33N3O4/c1-3-32-20-13-28(14-20)23-16-5-6-17(10-16)24(23)33-19-7-8-21-18(11-19)12-29(26(21)31)22-9-4-15(2)27-25(22)30/h7-8,11,16-17,20,22-24H,2-6,9-10,12-14H2,1H3,(H,27,30)/t16-,17+,22?,23?,24+/m1/s1. The summed E-state index contributed by atoms with van der Waals surface area (Å²) in [6, 6.07) is 5.87. The number of likely N-dealkylation sites (tertiary alicyclic amines) is 1. The Morgan fingerprint density at radius 1 is 1.15 bits per heavy atom. The van der Waals surface area contributed by atoms with E-state index in [-0.39, 0.29) is 17.9 Å². The molecule has 1 aromatic carbocycles. The Labute approximate surface area is 195 Å². The van der Waals surface area contributed by atoms with Crippen molar-refractivity contribution in [2.75, 3.05) is 19.7 Å². The summed E-state index contributed by atoms with van der Waals surface area (Å²) >= 11 is 0. The highest BCUT2D eigenvalue weighted by atomic mass is 16.5. The molecule has 2 aliphatic carbocycles. The Balaban J connectivity index is 1.16. The van der Waals surface area contributed by atoms with E-state index in [4.69, 9.17) is 9.47 Å². The number of nitrogens with one attached hydrogen (secondary N) is 1. The van der Waals surface area contributed by atoms with Gasteiger partial charge in [-0.25, -0.2) is 0 Å². The smallest absolute Gasteiger partial charge is 0.255 e. The van der Waals surface area contributed by atoms with Gasteiger partial charge >= 0.3 is 0 Å². The third-order valence-electron chi connectivity index (χ3n) is 8.38. The lowest BCUT2D eigenvalue weighted by Crippen LogP contribution is -2.61.